The Bertz CT molecular complexity index is 1490. The maximum Gasteiger partial charge on any atom is 0.280 e. The van der Waals surface area contributed by atoms with Gasteiger partial charge in [0, 0.05) is 13.5 Å². The molecule has 3 fully saturated rings. The van der Waals surface area contributed by atoms with Crippen LogP contribution in [0.3, 0.4) is 0 Å². The van der Waals surface area contributed by atoms with Crippen LogP contribution in [-0.4, -0.2) is 55.9 Å². The lowest BCUT2D eigenvalue weighted by Gasteiger charge is -2.54. The molecule has 4 aromatic rings. The van der Waals surface area contributed by atoms with Crippen LogP contribution in [0.15, 0.2) is 121 Å². The molecule has 3 heterocycles. The predicted molar refractivity (Wildman–Crippen MR) is 172 cm³/mol. The van der Waals surface area contributed by atoms with E-state index in [1.807, 2.05) is 121 Å². The van der Waals surface area contributed by atoms with Crippen molar-refractivity contribution in [1.29, 1.82) is 0 Å². The first-order chi connectivity index (χ1) is 22.6. The maximum absolute atomic E-state index is 13.3. The topological polar surface area (TPSA) is 84.5 Å². The third-order valence-electron chi connectivity index (χ3n) is 8.51. The lowest BCUT2D eigenvalue weighted by atomic mass is 9.84. The molecule has 1 N–H and O–H groups in total. The molecule has 46 heavy (non-hydrogen) atoms. The Hall–Kier alpha value is -3.89. The van der Waals surface area contributed by atoms with E-state index in [2.05, 4.69) is 5.32 Å². The second-order valence-electron chi connectivity index (χ2n) is 11.7. The average molecular weight is 624 g/mol. The lowest BCUT2D eigenvalue weighted by molar-refractivity contribution is -0.324. The van der Waals surface area contributed by atoms with Crippen molar-refractivity contribution >= 4 is 5.91 Å². The van der Waals surface area contributed by atoms with E-state index in [1.54, 1.807) is 0 Å². The Kier molecular flexibility index (Phi) is 10.9. The zero-order chi connectivity index (χ0) is 31.6. The number of hydrogen-bond donors (Lipinski definition) is 1. The third-order valence-corrected chi connectivity index (χ3v) is 8.51. The van der Waals surface area contributed by atoms with Crippen LogP contribution in [0, 0.1) is 0 Å². The number of carbonyl (C=O) groups excluding carboxylic acids is 1. The number of amides is 1. The molecule has 2 bridgehead atoms. The van der Waals surface area contributed by atoms with Gasteiger partial charge in [0.15, 0.2) is 0 Å². The van der Waals surface area contributed by atoms with Crippen LogP contribution in [0.4, 0.5) is 0 Å². The molecular formula is C38H41NO7. The van der Waals surface area contributed by atoms with E-state index in [1.165, 1.54) is 7.11 Å². The van der Waals surface area contributed by atoms with Gasteiger partial charge in [-0.1, -0.05) is 121 Å². The number of nitrogens with one attached hydrogen (secondary N) is 1. The van der Waals surface area contributed by atoms with Crippen LogP contribution in [0.2, 0.25) is 0 Å². The highest BCUT2D eigenvalue weighted by atomic mass is 16.7. The van der Waals surface area contributed by atoms with Crippen LogP contribution < -0.4 is 5.32 Å². The van der Waals surface area contributed by atoms with Gasteiger partial charge in [0.2, 0.25) is 0 Å². The molecule has 0 radical (unpaired) electrons. The fraction of sp³-hybridized carbons (Fsp3) is 0.342. The Morgan fingerprint density at radius 3 is 1.76 bits per heavy atom. The first-order valence-electron chi connectivity index (χ1n) is 15.8. The summed E-state index contributed by atoms with van der Waals surface area (Å²) in [4.78, 5) is 13.3. The van der Waals surface area contributed by atoms with Gasteiger partial charge in [0.1, 0.15) is 18.3 Å². The van der Waals surface area contributed by atoms with Crippen molar-refractivity contribution in [2.24, 2.45) is 0 Å². The molecular weight excluding hydrogens is 582 g/mol. The molecule has 3 aliphatic heterocycles. The summed E-state index contributed by atoms with van der Waals surface area (Å²) in [5.41, 5.74) is 4.12. The minimum atomic E-state index is -1.52. The largest absolute Gasteiger partial charge is 0.374 e. The monoisotopic (exact) mass is 623 g/mol. The van der Waals surface area contributed by atoms with Gasteiger partial charge in [0.25, 0.3) is 11.7 Å². The zero-order valence-corrected chi connectivity index (χ0v) is 26.0. The van der Waals surface area contributed by atoms with E-state index in [0.29, 0.717) is 26.4 Å². The van der Waals surface area contributed by atoms with Crippen LogP contribution in [-0.2, 0) is 59.6 Å². The molecule has 3 saturated heterocycles. The standard InChI is InChI=1S/C38H41NO7/c1-41-38-22-32(43-24-29-16-8-3-9-17-29)34(39-37(38)40)36(46-38)35(45-26-31-20-12-5-13-21-31)33(44-25-30-18-10-4-11-19-30)27-42-23-28-14-6-2-7-15-28/h2-21,32-36H,22-27H2,1H3,(H,39,40)/t32-,33+,34+,35+,36+,38+/m0/s1. The fourth-order valence-electron chi connectivity index (χ4n) is 6.03. The van der Waals surface area contributed by atoms with E-state index in [4.69, 9.17) is 28.4 Å². The summed E-state index contributed by atoms with van der Waals surface area (Å²) >= 11 is 0. The van der Waals surface area contributed by atoms with Gasteiger partial charge in [-0.3, -0.25) is 4.79 Å². The average Bonchev–Trinajstić information content (AvgIpc) is 3.11. The summed E-state index contributed by atoms with van der Waals surface area (Å²) in [7, 11) is 1.49. The molecule has 6 atom stereocenters. The molecule has 0 saturated carbocycles. The summed E-state index contributed by atoms with van der Waals surface area (Å²) in [6.07, 6.45) is -1.99. The summed E-state index contributed by atoms with van der Waals surface area (Å²) < 4.78 is 38.5. The number of piperidine rings is 1. The highest BCUT2D eigenvalue weighted by Gasteiger charge is 2.61. The molecule has 7 rings (SSSR count). The predicted octanol–water partition coefficient (Wildman–Crippen LogP) is 5.59. The third kappa shape index (κ3) is 7.90. The molecule has 1 amide bonds. The number of methoxy groups -OCH3 is 1. The van der Waals surface area contributed by atoms with Gasteiger partial charge >= 0.3 is 0 Å². The normalized spacial score (nSPS) is 23.5. The number of fused-ring (bicyclic) bond motifs is 3. The van der Waals surface area contributed by atoms with Crippen molar-refractivity contribution in [3.63, 3.8) is 0 Å². The van der Waals surface area contributed by atoms with E-state index in [9.17, 15) is 4.79 Å². The first kappa shape index (κ1) is 32.1. The van der Waals surface area contributed by atoms with E-state index in [-0.39, 0.29) is 25.0 Å². The second-order valence-corrected chi connectivity index (χ2v) is 11.7. The molecule has 8 heteroatoms. The molecule has 0 unspecified atom stereocenters. The fourth-order valence-corrected chi connectivity index (χ4v) is 6.03. The van der Waals surface area contributed by atoms with Crippen LogP contribution in [0.1, 0.15) is 28.7 Å². The highest BCUT2D eigenvalue weighted by Crippen LogP contribution is 2.40. The van der Waals surface area contributed by atoms with Crippen LogP contribution in [0.25, 0.3) is 0 Å². The van der Waals surface area contributed by atoms with Crippen LogP contribution >= 0.6 is 0 Å². The molecule has 4 aromatic carbocycles. The van der Waals surface area contributed by atoms with Gasteiger partial charge in [-0.15, -0.1) is 0 Å². The Morgan fingerprint density at radius 2 is 1.22 bits per heavy atom. The summed E-state index contributed by atoms with van der Waals surface area (Å²) in [5, 5.41) is 3.14. The quantitative estimate of drug-likeness (QED) is 0.174. The number of ether oxygens (including phenoxy) is 6. The van der Waals surface area contributed by atoms with Crippen LogP contribution in [0.5, 0.6) is 0 Å². The van der Waals surface area contributed by atoms with E-state index >= 15 is 0 Å². The Morgan fingerprint density at radius 1 is 0.717 bits per heavy atom. The number of benzene rings is 4. The molecule has 3 aliphatic rings. The number of hydrogen-bond acceptors (Lipinski definition) is 7. The van der Waals surface area contributed by atoms with E-state index < -0.39 is 30.1 Å². The smallest absolute Gasteiger partial charge is 0.280 e. The molecule has 0 aliphatic carbocycles. The van der Waals surface area contributed by atoms with Gasteiger partial charge in [0.05, 0.1) is 45.2 Å². The van der Waals surface area contributed by atoms with Crippen molar-refractivity contribution in [1.82, 2.24) is 5.32 Å². The minimum absolute atomic E-state index is 0.233. The van der Waals surface area contributed by atoms with E-state index in [0.717, 1.165) is 22.3 Å². The maximum atomic E-state index is 13.3. The van der Waals surface area contributed by atoms with Crippen molar-refractivity contribution in [2.45, 2.75) is 69.1 Å². The Balaban J connectivity index is 1.29. The van der Waals surface area contributed by atoms with Crippen molar-refractivity contribution in [2.75, 3.05) is 13.7 Å². The molecule has 0 aromatic heterocycles. The first-order valence-corrected chi connectivity index (χ1v) is 15.8. The van der Waals surface area contributed by atoms with Gasteiger partial charge < -0.3 is 33.7 Å². The molecule has 0 spiro atoms. The van der Waals surface area contributed by atoms with Crippen molar-refractivity contribution in [3.05, 3.63) is 144 Å². The lowest BCUT2D eigenvalue weighted by Crippen LogP contribution is -2.76. The van der Waals surface area contributed by atoms with Gasteiger partial charge in [-0.05, 0) is 22.3 Å². The summed E-state index contributed by atoms with van der Waals surface area (Å²) in [6, 6.07) is 39.4. The molecule has 240 valence electrons. The zero-order valence-electron chi connectivity index (χ0n) is 26.0. The SMILES string of the molecule is CO[C@@]12C[C@H](OCc3ccccc3)[C@@H](NC1=O)[C@H]([C@H](OCc1ccccc1)[C@@H](COCc1ccccc1)OCc1ccccc1)O2. The van der Waals surface area contributed by atoms with Crippen molar-refractivity contribution in [3.8, 4) is 0 Å². The Labute approximate surface area is 270 Å². The number of rotatable bonds is 16. The second kappa shape index (κ2) is 15.6. The van der Waals surface area contributed by atoms with Crippen molar-refractivity contribution < 1.29 is 33.2 Å². The minimum Gasteiger partial charge on any atom is -0.374 e. The molecule has 8 nitrogen and oxygen atoms in total. The van der Waals surface area contributed by atoms with Gasteiger partial charge in [-0.2, -0.15) is 0 Å². The number of morpholine rings is 1. The summed E-state index contributed by atoms with van der Waals surface area (Å²) in [6.45, 7) is 1.68. The van der Waals surface area contributed by atoms with Gasteiger partial charge in [-0.25, -0.2) is 0 Å². The number of carbonyl (C=O) groups is 1. The highest BCUT2D eigenvalue weighted by molar-refractivity contribution is 5.86. The summed E-state index contributed by atoms with van der Waals surface area (Å²) in [5.74, 6) is -1.84.